The fourth-order valence-electron chi connectivity index (χ4n) is 4.24. The molecule has 1 saturated heterocycles. The van der Waals surface area contributed by atoms with Gasteiger partial charge in [-0.3, -0.25) is 9.36 Å². The molecule has 29 heavy (non-hydrogen) atoms. The third-order valence-corrected chi connectivity index (χ3v) is 5.57. The lowest BCUT2D eigenvalue weighted by Crippen LogP contribution is -2.43. The molecule has 1 aliphatic carbocycles. The van der Waals surface area contributed by atoms with E-state index in [-0.39, 0.29) is 37.5 Å². The summed E-state index contributed by atoms with van der Waals surface area (Å²) in [6.45, 7) is 3.75. The summed E-state index contributed by atoms with van der Waals surface area (Å²) in [6, 6.07) is 10.6. The summed E-state index contributed by atoms with van der Waals surface area (Å²) in [5, 5.41) is 9.74. The van der Waals surface area contributed by atoms with Gasteiger partial charge in [0.1, 0.15) is 12.8 Å². The molecule has 0 unspecified atom stereocenters. The zero-order chi connectivity index (χ0) is 20.6. The van der Waals surface area contributed by atoms with E-state index < -0.39 is 17.0 Å². The van der Waals surface area contributed by atoms with Gasteiger partial charge in [0, 0.05) is 24.8 Å². The number of hydrogen-bond acceptors (Lipinski definition) is 6. The molecule has 156 valence electrons. The average Bonchev–Trinajstić information content (AvgIpc) is 3.18. The predicted octanol–water partition coefficient (Wildman–Crippen LogP) is 1.26. The number of fused-ring (bicyclic) bond motifs is 1. The second kappa shape index (κ2) is 7.87. The SMILES string of the molecule is CC1(C)O[C@@H]2[C@@H](CO)C[C@@H](n3ccc(=O)n(COCc4ccccc4)c3=O)[C@@H]2O1. The Morgan fingerprint density at radius 2 is 1.86 bits per heavy atom. The highest BCUT2D eigenvalue weighted by molar-refractivity contribution is 5.13. The van der Waals surface area contributed by atoms with Crippen molar-refractivity contribution in [1.29, 1.82) is 0 Å². The molecule has 2 heterocycles. The summed E-state index contributed by atoms with van der Waals surface area (Å²) in [6.07, 6.45) is 1.37. The van der Waals surface area contributed by atoms with Gasteiger partial charge in [-0.2, -0.15) is 0 Å². The number of benzene rings is 1. The van der Waals surface area contributed by atoms with E-state index in [1.807, 2.05) is 44.2 Å². The molecule has 2 fully saturated rings. The van der Waals surface area contributed by atoms with Crippen molar-refractivity contribution in [2.75, 3.05) is 6.61 Å². The van der Waals surface area contributed by atoms with E-state index in [0.29, 0.717) is 13.0 Å². The van der Waals surface area contributed by atoms with Gasteiger partial charge in [-0.1, -0.05) is 30.3 Å². The standard InChI is InChI=1S/C21H26N2O6/c1-21(2)28-18-15(11-24)10-16(19(18)29-21)22-9-8-17(25)23(20(22)26)13-27-12-14-6-4-3-5-7-14/h3-9,15-16,18-19,24H,10-13H2,1-2H3/t15-,16-,18-,19+/m1/s1. The minimum atomic E-state index is -0.779. The molecule has 0 spiro atoms. The van der Waals surface area contributed by atoms with Crippen LogP contribution in [0.3, 0.4) is 0 Å². The van der Waals surface area contributed by atoms with Crippen molar-refractivity contribution < 1.29 is 19.3 Å². The Labute approximate surface area is 168 Å². The van der Waals surface area contributed by atoms with Crippen molar-refractivity contribution in [2.24, 2.45) is 5.92 Å². The summed E-state index contributed by atoms with van der Waals surface area (Å²) in [4.78, 5) is 25.3. The molecule has 8 heteroatoms. The van der Waals surface area contributed by atoms with E-state index in [2.05, 4.69) is 0 Å². The third kappa shape index (κ3) is 3.93. The number of hydrogen-bond donors (Lipinski definition) is 1. The maximum absolute atomic E-state index is 13.1. The first-order chi connectivity index (χ1) is 13.9. The zero-order valence-corrected chi connectivity index (χ0v) is 16.6. The topological polar surface area (TPSA) is 91.9 Å². The molecule has 4 atom stereocenters. The maximum Gasteiger partial charge on any atom is 0.333 e. The summed E-state index contributed by atoms with van der Waals surface area (Å²) < 4.78 is 20.1. The van der Waals surface area contributed by atoms with E-state index in [9.17, 15) is 14.7 Å². The molecule has 1 saturated carbocycles. The van der Waals surface area contributed by atoms with Crippen LogP contribution in [0.5, 0.6) is 0 Å². The Kier molecular flexibility index (Phi) is 5.44. The zero-order valence-electron chi connectivity index (χ0n) is 16.6. The van der Waals surface area contributed by atoms with Gasteiger partial charge >= 0.3 is 5.69 Å². The van der Waals surface area contributed by atoms with Crippen molar-refractivity contribution in [3.63, 3.8) is 0 Å². The van der Waals surface area contributed by atoms with Crippen molar-refractivity contribution in [3.05, 3.63) is 69.0 Å². The Hall–Kier alpha value is -2.26. The fraction of sp³-hybridized carbons (Fsp3) is 0.524. The Morgan fingerprint density at radius 3 is 2.59 bits per heavy atom. The van der Waals surface area contributed by atoms with Crippen LogP contribution in [-0.4, -0.2) is 38.8 Å². The lowest BCUT2D eigenvalue weighted by atomic mass is 10.1. The third-order valence-electron chi connectivity index (χ3n) is 5.57. The summed E-state index contributed by atoms with van der Waals surface area (Å²) in [5.41, 5.74) is 0.0812. The van der Waals surface area contributed by atoms with Gasteiger partial charge in [0.25, 0.3) is 5.56 Å². The fourth-order valence-corrected chi connectivity index (χ4v) is 4.24. The van der Waals surface area contributed by atoms with Crippen LogP contribution in [0.4, 0.5) is 0 Å². The Bertz CT molecular complexity index is 967. The van der Waals surface area contributed by atoms with Crippen LogP contribution in [0.15, 0.2) is 52.2 Å². The monoisotopic (exact) mass is 402 g/mol. The van der Waals surface area contributed by atoms with E-state index in [4.69, 9.17) is 14.2 Å². The minimum absolute atomic E-state index is 0.0499. The van der Waals surface area contributed by atoms with Gasteiger partial charge in [0.2, 0.25) is 0 Å². The van der Waals surface area contributed by atoms with Gasteiger partial charge in [-0.05, 0) is 25.8 Å². The Morgan fingerprint density at radius 1 is 1.14 bits per heavy atom. The van der Waals surface area contributed by atoms with E-state index in [1.54, 1.807) is 0 Å². The predicted molar refractivity (Wildman–Crippen MR) is 104 cm³/mol. The number of aromatic nitrogens is 2. The van der Waals surface area contributed by atoms with Gasteiger partial charge < -0.3 is 19.3 Å². The highest BCUT2D eigenvalue weighted by atomic mass is 16.8. The van der Waals surface area contributed by atoms with Crippen LogP contribution < -0.4 is 11.2 Å². The molecule has 1 N–H and O–H groups in total. The lowest BCUT2D eigenvalue weighted by molar-refractivity contribution is -0.161. The lowest BCUT2D eigenvalue weighted by Gasteiger charge is -2.24. The number of rotatable bonds is 6. The van der Waals surface area contributed by atoms with Crippen molar-refractivity contribution >= 4 is 0 Å². The first kappa shape index (κ1) is 20.0. The van der Waals surface area contributed by atoms with Crippen LogP contribution in [0, 0.1) is 5.92 Å². The van der Waals surface area contributed by atoms with Crippen LogP contribution in [-0.2, 0) is 27.5 Å². The summed E-state index contributed by atoms with van der Waals surface area (Å²) in [7, 11) is 0. The highest BCUT2D eigenvalue weighted by Gasteiger charge is 2.54. The summed E-state index contributed by atoms with van der Waals surface area (Å²) in [5.74, 6) is -0.911. The van der Waals surface area contributed by atoms with E-state index >= 15 is 0 Å². The van der Waals surface area contributed by atoms with E-state index in [0.717, 1.165) is 10.1 Å². The highest BCUT2D eigenvalue weighted by Crippen LogP contribution is 2.46. The normalized spacial score (nSPS) is 27.8. The van der Waals surface area contributed by atoms with Crippen LogP contribution >= 0.6 is 0 Å². The summed E-state index contributed by atoms with van der Waals surface area (Å²) >= 11 is 0. The van der Waals surface area contributed by atoms with Gasteiger partial charge in [-0.25, -0.2) is 9.36 Å². The smallest absolute Gasteiger partial charge is 0.333 e. The van der Waals surface area contributed by atoms with Crippen molar-refractivity contribution in [2.45, 2.75) is 57.6 Å². The molecular weight excluding hydrogens is 376 g/mol. The molecule has 8 nitrogen and oxygen atoms in total. The number of ether oxygens (including phenoxy) is 3. The number of aliphatic hydroxyl groups is 1. The average molecular weight is 402 g/mol. The van der Waals surface area contributed by atoms with Crippen LogP contribution in [0.25, 0.3) is 0 Å². The Balaban J connectivity index is 1.56. The van der Waals surface area contributed by atoms with Crippen molar-refractivity contribution in [1.82, 2.24) is 9.13 Å². The molecule has 1 aromatic heterocycles. The quantitative estimate of drug-likeness (QED) is 0.782. The van der Waals surface area contributed by atoms with Crippen LogP contribution in [0.1, 0.15) is 31.9 Å². The van der Waals surface area contributed by atoms with E-state index in [1.165, 1.54) is 16.8 Å². The second-order valence-corrected chi connectivity index (χ2v) is 8.05. The van der Waals surface area contributed by atoms with Crippen molar-refractivity contribution in [3.8, 4) is 0 Å². The maximum atomic E-state index is 13.1. The van der Waals surface area contributed by atoms with Gasteiger partial charge in [0.05, 0.1) is 18.8 Å². The molecule has 2 aromatic rings. The van der Waals surface area contributed by atoms with Gasteiger partial charge in [0.15, 0.2) is 5.79 Å². The van der Waals surface area contributed by atoms with Gasteiger partial charge in [-0.15, -0.1) is 0 Å². The first-order valence-electron chi connectivity index (χ1n) is 9.80. The molecule has 0 amide bonds. The largest absolute Gasteiger partial charge is 0.396 e. The molecule has 0 bridgehead atoms. The molecule has 1 aliphatic heterocycles. The molecule has 0 radical (unpaired) electrons. The molecule has 2 aliphatic rings. The number of aliphatic hydroxyl groups excluding tert-OH is 1. The molecule has 1 aromatic carbocycles. The minimum Gasteiger partial charge on any atom is -0.396 e. The molecular formula is C21H26N2O6. The van der Waals surface area contributed by atoms with Crippen LogP contribution in [0.2, 0.25) is 0 Å². The first-order valence-corrected chi connectivity index (χ1v) is 9.80. The number of nitrogens with zero attached hydrogens (tertiary/aromatic N) is 2. The molecule has 4 rings (SSSR count). The second-order valence-electron chi connectivity index (χ2n) is 8.05.